The maximum absolute atomic E-state index is 9.83. The number of aliphatic hydroxyl groups is 1. The minimum absolute atomic E-state index is 0.0814. The van der Waals surface area contributed by atoms with Gasteiger partial charge in [-0.3, -0.25) is 0 Å². The first-order valence-corrected chi connectivity index (χ1v) is 8.78. The van der Waals surface area contributed by atoms with Crippen LogP contribution in [0.2, 0.25) is 0 Å². The molecule has 0 saturated carbocycles. The smallest absolute Gasteiger partial charge is 0.0576 e. The summed E-state index contributed by atoms with van der Waals surface area (Å²) in [6.45, 7) is 2.95. The molecule has 0 aliphatic heterocycles. The topological polar surface area (TPSA) is 32.3 Å². The summed E-state index contributed by atoms with van der Waals surface area (Å²) in [5, 5.41) is 13.5. The molecule has 0 aromatic heterocycles. The van der Waals surface area contributed by atoms with E-state index in [0.717, 1.165) is 5.56 Å². The van der Waals surface area contributed by atoms with E-state index in [-0.39, 0.29) is 18.6 Å². The molecule has 0 fully saturated rings. The maximum atomic E-state index is 9.83. The van der Waals surface area contributed by atoms with Crippen LogP contribution < -0.4 is 5.32 Å². The molecule has 25 heavy (non-hydrogen) atoms. The van der Waals surface area contributed by atoms with E-state index in [0.29, 0.717) is 6.54 Å². The van der Waals surface area contributed by atoms with Crippen LogP contribution >= 0.6 is 0 Å². The molecular weight excluding hydrogens is 306 g/mol. The summed E-state index contributed by atoms with van der Waals surface area (Å²) < 4.78 is 0. The number of aliphatic hydroxyl groups excluding tert-OH is 1. The zero-order chi connectivity index (χ0) is 17.5. The normalized spacial score (nSPS) is 13.4. The number of hydrogen-bond acceptors (Lipinski definition) is 2. The molecule has 0 aliphatic rings. The van der Waals surface area contributed by atoms with Crippen molar-refractivity contribution in [3.05, 3.63) is 107 Å². The summed E-state index contributed by atoms with van der Waals surface area (Å²) in [7, 11) is 0. The molecule has 0 saturated heterocycles. The summed E-state index contributed by atoms with van der Waals surface area (Å²) in [6.07, 6.45) is 0. The molecule has 0 aliphatic carbocycles. The Kier molecular flexibility index (Phi) is 5.99. The Balaban J connectivity index is 1.81. The van der Waals surface area contributed by atoms with Crippen LogP contribution in [-0.4, -0.2) is 18.3 Å². The lowest BCUT2D eigenvalue weighted by Crippen LogP contribution is -2.28. The van der Waals surface area contributed by atoms with E-state index in [1.54, 1.807) is 0 Å². The predicted molar refractivity (Wildman–Crippen MR) is 104 cm³/mol. The van der Waals surface area contributed by atoms with Crippen molar-refractivity contribution >= 4 is 0 Å². The fraction of sp³-hybridized carbons (Fsp3) is 0.217. The number of nitrogens with one attached hydrogen (secondary N) is 1. The second-order valence-corrected chi connectivity index (χ2v) is 6.45. The Morgan fingerprint density at radius 2 is 1.24 bits per heavy atom. The molecule has 2 nitrogen and oxygen atoms in total. The quantitative estimate of drug-likeness (QED) is 0.670. The molecule has 0 spiro atoms. The van der Waals surface area contributed by atoms with Gasteiger partial charge in [0.1, 0.15) is 0 Å². The van der Waals surface area contributed by atoms with E-state index in [9.17, 15) is 5.11 Å². The van der Waals surface area contributed by atoms with Gasteiger partial charge in [0, 0.05) is 12.5 Å². The van der Waals surface area contributed by atoms with E-state index in [4.69, 9.17) is 0 Å². The van der Waals surface area contributed by atoms with Gasteiger partial charge >= 0.3 is 0 Å². The molecule has 0 amide bonds. The van der Waals surface area contributed by atoms with Gasteiger partial charge in [0.25, 0.3) is 0 Å². The Morgan fingerprint density at radius 3 is 1.80 bits per heavy atom. The van der Waals surface area contributed by atoms with Gasteiger partial charge in [0.15, 0.2) is 0 Å². The summed E-state index contributed by atoms with van der Waals surface area (Å²) in [4.78, 5) is 0. The monoisotopic (exact) mass is 331 g/mol. The third-order valence-corrected chi connectivity index (χ3v) is 4.60. The average molecular weight is 331 g/mol. The highest BCUT2D eigenvalue weighted by molar-refractivity contribution is 5.33. The minimum atomic E-state index is 0.0814. The summed E-state index contributed by atoms with van der Waals surface area (Å²) in [6, 6.07) is 29.4. The number of hydrogen-bond donors (Lipinski definition) is 2. The summed E-state index contributed by atoms with van der Waals surface area (Å²) >= 11 is 0. The maximum Gasteiger partial charge on any atom is 0.0576 e. The average Bonchev–Trinajstić information content (AvgIpc) is 2.68. The van der Waals surface area contributed by atoms with Crippen LogP contribution in [0, 0.1) is 6.92 Å². The van der Waals surface area contributed by atoms with Crippen molar-refractivity contribution in [2.75, 3.05) is 13.2 Å². The SMILES string of the molecule is Cc1ccc(C(NCC(CO)c2ccccc2)c2ccccc2)cc1. The molecule has 128 valence electrons. The molecule has 0 heterocycles. The van der Waals surface area contributed by atoms with Gasteiger partial charge in [0.05, 0.1) is 12.6 Å². The van der Waals surface area contributed by atoms with Crippen LogP contribution in [0.1, 0.15) is 34.2 Å². The first kappa shape index (κ1) is 17.4. The lowest BCUT2D eigenvalue weighted by Gasteiger charge is -2.23. The van der Waals surface area contributed by atoms with Crippen molar-refractivity contribution in [1.29, 1.82) is 0 Å². The lowest BCUT2D eigenvalue weighted by molar-refractivity contribution is 0.259. The third kappa shape index (κ3) is 4.56. The van der Waals surface area contributed by atoms with Crippen LogP contribution in [0.5, 0.6) is 0 Å². The second-order valence-electron chi connectivity index (χ2n) is 6.45. The standard InChI is InChI=1S/C23H25NO/c1-18-12-14-21(15-13-18)23(20-10-6-3-7-11-20)24-16-22(17-25)19-8-4-2-5-9-19/h2-15,22-25H,16-17H2,1H3. The van der Waals surface area contributed by atoms with E-state index in [1.165, 1.54) is 16.7 Å². The zero-order valence-electron chi connectivity index (χ0n) is 14.6. The molecule has 2 heteroatoms. The van der Waals surface area contributed by atoms with Gasteiger partial charge in [-0.1, -0.05) is 90.5 Å². The van der Waals surface area contributed by atoms with Crippen molar-refractivity contribution in [1.82, 2.24) is 5.32 Å². The van der Waals surface area contributed by atoms with Crippen molar-refractivity contribution in [3.63, 3.8) is 0 Å². The van der Waals surface area contributed by atoms with Gasteiger partial charge < -0.3 is 10.4 Å². The summed E-state index contributed by atoms with van der Waals surface area (Å²) in [5.41, 5.74) is 4.89. The fourth-order valence-corrected chi connectivity index (χ4v) is 3.11. The molecule has 3 aromatic rings. The first-order chi connectivity index (χ1) is 12.3. The second kappa shape index (κ2) is 8.61. The third-order valence-electron chi connectivity index (χ3n) is 4.60. The van der Waals surface area contributed by atoms with Crippen molar-refractivity contribution in [3.8, 4) is 0 Å². The minimum Gasteiger partial charge on any atom is -0.396 e. The van der Waals surface area contributed by atoms with E-state index >= 15 is 0 Å². The Labute approximate surface area is 150 Å². The van der Waals surface area contributed by atoms with Gasteiger partial charge in [-0.2, -0.15) is 0 Å². The molecule has 0 bridgehead atoms. The van der Waals surface area contributed by atoms with Gasteiger partial charge in [-0.25, -0.2) is 0 Å². The molecule has 2 N–H and O–H groups in total. The van der Waals surface area contributed by atoms with Gasteiger partial charge in [-0.05, 0) is 23.6 Å². The van der Waals surface area contributed by atoms with Crippen LogP contribution in [-0.2, 0) is 0 Å². The molecule has 3 rings (SSSR count). The molecule has 2 unspecified atom stereocenters. The number of rotatable bonds is 7. The Hall–Kier alpha value is -2.42. The summed E-state index contributed by atoms with van der Waals surface area (Å²) in [5.74, 6) is 0.0814. The fourth-order valence-electron chi connectivity index (χ4n) is 3.11. The Bertz CT molecular complexity index is 753. The van der Waals surface area contributed by atoms with Gasteiger partial charge in [-0.15, -0.1) is 0 Å². The highest BCUT2D eigenvalue weighted by Crippen LogP contribution is 2.24. The van der Waals surface area contributed by atoms with E-state index < -0.39 is 0 Å². The van der Waals surface area contributed by atoms with Crippen molar-refractivity contribution in [2.45, 2.75) is 18.9 Å². The Morgan fingerprint density at radius 1 is 0.720 bits per heavy atom. The lowest BCUT2D eigenvalue weighted by atomic mass is 9.95. The molecular formula is C23H25NO. The van der Waals surface area contributed by atoms with Crippen molar-refractivity contribution < 1.29 is 5.11 Å². The highest BCUT2D eigenvalue weighted by Gasteiger charge is 2.17. The van der Waals surface area contributed by atoms with Crippen LogP contribution in [0.25, 0.3) is 0 Å². The zero-order valence-corrected chi connectivity index (χ0v) is 14.6. The van der Waals surface area contributed by atoms with Gasteiger partial charge in [0.2, 0.25) is 0 Å². The highest BCUT2D eigenvalue weighted by atomic mass is 16.3. The molecule has 2 atom stereocenters. The first-order valence-electron chi connectivity index (χ1n) is 8.78. The van der Waals surface area contributed by atoms with Crippen LogP contribution in [0.15, 0.2) is 84.9 Å². The van der Waals surface area contributed by atoms with Crippen LogP contribution in [0.4, 0.5) is 0 Å². The van der Waals surface area contributed by atoms with Crippen LogP contribution in [0.3, 0.4) is 0 Å². The number of benzene rings is 3. The predicted octanol–water partition coefficient (Wildman–Crippen LogP) is 4.45. The largest absolute Gasteiger partial charge is 0.396 e. The molecule has 3 aromatic carbocycles. The van der Waals surface area contributed by atoms with E-state index in [1.807, 2.05) is 24.3 Å². The van der Waals surface area contributed by atoms with Crippen molar-refractivity contribution in [2.24, 2.45) is 0 Å². The number of aryl methyl sites for hydroxylation is 1. The van der Waals surface area contributed by atoms with E-state index in [2.05, 4.69) is 72.9 Å². The molecule has 0 radical (unpaired) electrons.